The zero-order valence-corrected chi connectivity index (χ0v) is 13.9. The highest BCUT2D eigenvalue weighted by atomic mass is 16.5. The number of rotatable bonds is 6. The number of nitrogens with zero attached hydrogens (tertiary/aromatic N) is 1. The van der Waals surface area contributed by atoms with Crippen molar-refractivity contribution in [3.63, 3.8) is 0 Å². The van der Waals surface area contributed by atoms with Crippen molar-refractivity contribution >= 4 is 11.9 Å². The van der Waals surface area contributed by atoms with Crippen LogP contribution in [-0.4, -0.2) is 38.7 Å². The van der Waals surface area contributed by atoms with Gasteiger partial charge in [0.25, 0.3) is 5.91 Å². The van der Waals surface area contributed by atoms with Gasteiger partial charge in [0.1, 0.15) is 5.76 Å². The lowest BCUT2D eigenvalue weighted by atomic mass is 9.89. The molecule has 1 unspecified atom stereocenters. The van der Waals surface area contributed by atoms with E-state index >= 15 is 0 Å². The standard InChI is InChI=1S/C15H26N4O3/c1-15(2,3)12(21-5)9-19-14(17-4)18-8-10-6-7-11(22-10)13(16)20/h6-7,12H,8-9H2,1-5H3,(H2,16,20)(H2,17,18,19). The summed E-state index contributed by atoms with van der Waals surface area (Å²) < 4.78 is 10.8. The highest BCUT2D eigenvalue weighted by Gasteiger charge is 2.24. The summed E-state index contributed by atoms with van der Waals surface area (Å²) in [6, 6.07) is 3.25. The van der Waals surface area contributed by atoms with Gasteiger partial charge in [-0.05, 0) is 17.5 Å². The molecule has 7 heteroatoms. The van der Waals surface area contributed by atoms with Gasteiger partial charge >= 0.3 is 0 Å². The molecule has 4 N–H and O–H groups in total. The number of ether oxygens (including phenoxy) is 1. The van der Waals surface area contributed by atoms with Crippen LogP contribution in [0.4, 0.5) is 0 Å². The Bertz CT molecular complexity index is 517. The van der Waals surface area contributed by atoms with Gasteiger partial charge in [-0.15, -0.1) is 0 Å². The molecule has 0 aliphatic rings. The van der Waals surface area contributed by atoms with Gasteiger partial charge in [-0.25, -0.2) is 0 Å². The number of amides is 1. The van der Waals surface area contributed by atoms with Crippen LogP contribution in [0.15, 0.2) is 21.5 Å². The first-order chi connectivity index (χ1) is 10.3. The van der Waals surface area contributed by atoms with E-state index in [1.807, 2.05) is 0 Å². The molecule has 0 bridgehead atoms. The summed E-state index contributed by atoms with van der Waals surface area (Å²) in [5, 5.41) is 6.31. The number of guanidine groups is 1. The molecule has 0 saturated heterocycles. The van der Waals surface area contributed by atoms with Gasteiger partial charge in [-0.3, -0.25) is 9.79 Å². The average Bonchev–Trinajstić information content (AvgIpc) is 2.90. The first kappa shape index (κ1) is 18.0. The Hall–Kier alpha value is -2.02. The minimum atomic E-state index is -0.582. The van der Waals surface area contributed by atoms with E-state index < -0.39 is 5.91 Å². The van der Waals surface area contributed by atoms with E-state index in [0.717, 1.165) is 0 Å². The highest BCUT2D eigenvalue weighted by molar-refractivity contribution is 5.89. The molecule has 0 spiro atoms. The number of furan rings is 1. The van der Waals surface area contributed by atoms with Crippen molar-refractivity contribution in [2.45, 2.75) is 33.4 Å². The van der Waals surface area contributed by atoms with Gasteiger partial charge in [-0.1, -0.05) is 20.8 Å². The summed E-state index contributed by atoms with van der Waals surface area (Å²) >= 11 is 0. The molecular formula is C15H26N4O3. The number of primary amides is 1. The van der Waals surface area contributed by atoms with Crippen LogP contribution < -0.4 is 16.4 Å². The number of carbonyl (C=O) groups excluding carboxylic acids is 1. The Balaban J connectivity index is 2.50. The second-order valence-corrected chi connectivity index (χ2v) is 6.03. The molecule has 0 saturated carbocycles. The lowest BCUT2D eigenvalue weighted by Gasteiger charge is -2.30. The molecule has 7 nitrogen and oxygen atoms in total. The summed E-state index contributed by atoms with van der Waals surface area (Å²) in [5.41, 5.74) is 5.17. The predicted octanol–water partition coefficient (Wildman–Crippen LogP) is 1.10. The number of methoxy groups -OCH3 is 1. The molecule has 0 radical (unpaired) electrons. The number of hydrogen-bond donors (Lipinski definition) is 3. The van der Waals surface area contributed by atoms with E-state index in [4.69, 9.17) is 14.9 Å². The maximum atomic E-state index is 11.0. The monoisotopic (exact) mass is 310 g/mol. The summed E-state index contributed by atoms with van der Waals surface area (Å²) in [5.74, 6) is 0.799. The van der Waals surface area contributed by atoms with Crippen LogP contribution in [0.25, 0.3) is 0 Å². The van der Waals surface area contributed by atoms with E-state index in [9.17, 15) is 4.79 Å². The summed E-state index contributed by atoms with van der Waals surface area (Å²) in [6.07, 6.45) is 0.0520. The maximum absolute atomic E-state index is 11.0. The van der Waals surface area contributed by atoms with Gasteiger partial charge in [0.05, 0.1) is 12.6 Å². The van der Waals surface area contributed by atoms with Crippen LogP contribution in [0.3, 0.4) is 0 Å². The molecule has 1 rings (SSSR count). The second kappa shape index (κ2) is 7.84. The lowest BCUT2D eigenvalue weighted by Crippen LogP contribution is -2.45. The van der Waals surface area contributed by atoms with Crippen LogP contribution in [0.5, 0.6) is 0 Å². The molecule has 0 aliphatic heterocycles. The van der Waals surface area contributed by atoms with Crippen LogP contribution in [0.2, 0.25) is 0 Å². The average molecular weight is 310 g/mol. The summed E-state index contributed by atoms with van der Waals surface area (Å²) in [6.45, 7) is 7.39. The van der Waals surface area contributed by atoms with E-state index in [1.54, 1.807) is 26.3 Å². The fourth-order valence-electron chi connectivity index (χ4n) is 1.93. The van der Waals surface area contributed by atoms with Crippen molar-refractivity contribution in [2.75, 3.05) is 20.7 Å². The van der Waals surface area contributed by atoms with E-state index in [1.165, 1.54) is 0 Å². The van der Waals surface area contributed by atoms with Crippen LogP contribution in [0, 0.1) is 5.41 Å². The number of hydrogen-bond acceptors (Lipinski definition) is 4. The molecule has 1 aromatic heterocycles. The number of carbonyl (C=O) groups is 1. The molecule has 0 fully saturated rings. The minimum Gasteiger partial charge on any atom is -0.454 e. The molecule has 1 aromatic rings. The summed E-state index contributed by atoms with van der Waals surface area (Å²) in [4.78, 5) is 15.1. The van der Waals surface area contributed by atoms with Crippen molar-refractivity contribution in [1.82, 2.24) is 10.6 Å². The highest BCUT2D eigenvalue weighted by Crippen LogP contribution is 2.20. The number of aliphatic imine (C=N–C) groups is 1. The van der Waals surface area contributed by atoms with Gasteiger partial charge in [0.15, 0.2) is 11.7 Å². The third kappa shape index (κ3) is 5.40. The van der Waals surface area contributed by atoms with Crippen molar-refractivity contribution in [1.29, 1.82) is 0 Å². The molecule has 1 atom stereocenters. The predicted molar refractivity (Wildman–Crippen MR) is 85.7 cm³/mol. The Morgan fingerprint density at radius 3 is 2.55 bits per heavy atom. The van der Waals surface area contributed by atoms with Gasteiger partial charge in [-0.2, -0.15) is 0 Å². The minimum absolute atomic E-state index is 0.0258. The van der Waals surface area contributed by atoms with E-state index in [0.29, 0.717) is 24.8 Å². The largest absolute Gasteiger partial charge is 0.454 e. The third-order valence-corrected chi connectivity index (χ3v) is 3.26. The smallest absolute Gasteiger partial charge is 0.284 e. The van der Waals surface area contributed by atoms with Crippen LogP contribution in [0.1, 0.15) is 37.1 Å². The van der Waals surface area contributed by atoms with Gasteiger partial charge in [0, 0.05) is 20.7 Å². The fourth-order valence-corrected chi connectivity index (χ4v) is 1.93. The zero-order valence-electron chi connectivity index (χ0n) is 13.9. The van der Waals surface area contributed by atoms with E-state index in [-0.39, 0.29) is 17.3 Å². The van der Waals surface area contributed by atoms with Crippen molar-refractivity contribution in [2.24, 2.45) is 16.1 Å². The molecule has 1 heterocycles. The Labute approximate surface area is 131 Å². The Morgan fingerprint density at radius 1 is 1.41 bits per heavy atom. The lowest BCUT2D eigenvalue weighted by molar-refractivity contribution is 0.0205. The quantitative estimate of drug-likeness (QED) is 0.539. The Kier molecular flexibility index (Phi) is 6.42. The van der Waals surface area contributed by atoms with Crippen LogP contribution >= 0.6 is 0 Å². The molecule has 1 amide bonds. The van der Waals surface area contributed by atoms with Crippen molar-refractivity contribution < 1.29 is 13.9 Å². The van der Waals surface area contributed by atoms with Crippen molar-refractivity contribution in [3.8, 4) is 0 Å². The van der Waals surface area contributed by atoms with Crippen LogP contribution in [-0.2, 0) is 11.3 Å². The summed E-state index contributed by atoms with van der Waals surface area (Å²) in [7, 11) is 3.38. The first-order valence-corrected chi connectivity index (χ1v) is 7.13. The number of nitrogens with one attached hydrogen (secondary N) is 2. The molecule has 0 aliphatic carbocycles. The molecular weight excluding hydrogens is 284 g/mol. The second-order valence-electron chi connectivity index (χ2n) is 6.03. The molecule has 124 valence electrons. The fraction of sp³-hybridized carbons (Fsp3) is 0.600. The number of nitrogens with two attached hydrogens (primary N) is 1. The maximum Gasteiger partial charge on any atom is 0.284 e. The van der Waals surface area contributed by atoms with Crippen molar-refractivity contribution in [3.05, 3.63) is 23.7 Å². The van der Waals surface area contributed by atoms with E-state index in [2.05, 4.69) is 36.4 Å². The Morgan fingerprint density at radius 2 is 2.09 bits per heavy atom. The normalized spacial score (nSPS) is 13.8. The van der Waals surface area contributed by atoms with Gasteiger partial charge in [0.2, 0.25) is 0 Å². The third-order valence-electron chi connectivity index (χ3n) is 3.26. The zero-order chi connectivity index (χ0) is 16.8. The molecule has 22 heavy (non-hydrogen) atoms. The first-order valence-electron chi connectivity index (χ1n) is 7.13. The SMILES string of the molecule is CN=C(NCc1ccc(C(N)=O)o1)NCC(OC)C(C)(C)C. The molecule has 0 aromatic carbocycles. The van der Waals surface area contributed by atoms with Gasteiger partial charge < -0.3 is 25.5 Å². The topological polar surface area (TPSA) is 102 Å².